The molecule has 2 aromatic carbocycles. The molecule has 0 bridgehead atoms. The Morgan fingerprint density at radius 1 is 1.07 bits per heavy atom. The molecular formula is C22H29NO4. The molecule has 5 heteroatoms. The zero-order chi connectivity index (χ0) is 19.8. The molecule has 0 fully saturated rings. The standard InChI is InChI=1S/C22H29NO4/c1-6-20(27-21-9-7-8-15(2)17(21)4)22(24)23-16(3)14-26-19-12-10-18(25-5)11-13-19/h7-13,16,20H,6,14H2,1-5H3,(H,23,24)/t16-,20-/m0/s1. The van der Waals surface area contributed by atoms with Crippen LogP contribution in [0.5, 0.6) is 17.2 Å². The van der Waals surface area contributed by atoms with Crippen LogP contribution in [-0.4, -0.2) is 31.8 Å². The molecule has 0 unspecified atom stereocenters. The highest BCUT2D eigenvalue weighted by atomic mass is 16.5. The van der Waals surface area contributed by atoms with Crippen LogP contribution in [0.25, 0.3) is 0 Å². The van der Waals surface area contributed by atoms with Crippen LogP contribution >= 0.6 is 0 Å². The lowest BCUT2D eigenvalue weighted by molar-refractivity contribution is -0.129. The Labute approximate surface area is 161 Å². The van der Waals surface area contributed by atoms with Crippen LogP contribution < -0.4 is 19.5 Å². The third-order valence-electron chi connectivity index (χ3n) is 4.44. The fourth-order valence-corrected chi connectivity index (χ4v) is 2.60. The minimum absolute atomic E-state index is 0.135. The van der Waals surface area contributed by atoms with Gasteiger partial charge in [-0.05, 0) is 68.7 Å². The minimum Gasteiger partial charge on any atom is -0.497 e. The summed E-state index contributed by atoms with van der Waals surface area (Å²) >= 11 is 0. The van der Waals surface area contributed by atoms with Crippen LogP contribution in [0.1, 0.15) is 31.4 Å². The smallest absolute Gasteiger partial charge is 0.261 e. The van der Waals surface area contributed by atoms with Crippen molar-refractivity contribution in [3.63, 3.8) is 0 Å². The van der Waals surface area contributed by atoms with Gasteiger partial charge in [-0.1, -0.05) is 19.1 Å². The highest BCUT2D eigenvalue weighted by molar-refractivity contribution is 5.81. The Hall–Kier alpha value is -2.69. The number of hydrogen-bond acceptors (Lipinski definition) is 4. The Kier molecular flexibility index (Phi) is 7.53. The van der Waals surface area contributed by atoms with Gasteiger partial charge in [0, 0.05) is 0 Å². The van der Waals surface area contributed by atoms with Crippen molar-refractivity contribution in [2.75, 3.05) is 13.7 Å². The topological polar surface area (TPSA) is 56.8 Å². The van der Waals surface area contributed by atoms with E-state index in [4.69, 9.17) is 14.2 Å². The minimum atomic E-state index is -0.533. The fourth-order valence-electron chi connectivity index (χ4n) is 2.60. The van der Waals surface area contributed by atoms with Gasteiger partial charge >= 0.3 is 0 Å². The maximum Gasteiger partial charge on any atom is 0.261 e. The van der Waals surface area contributed by atoms with Crippen molar-refractivity contribution in [1.82, 2.24) is 5.32 Å². The number of rotatable bonds is 9. The summed E-state index contributed by atoms with van der Waals surface area (Å²) < 4.78 is 16.8. The van der Waals surface area contributed by atoms with Gasteiger partial charge in [-0.25, -0.2) is 0 Å². The summed E-state index contributed by atoms with van der Waals surface area (Å²) in [6, 6.07) is 13.1. The van der Waals surface area contributed by atoms with Crippen molar-refractivity contribution in [3.8, 4) is 17.2 Å². The molecule has 1 N–H and O–H groups in total. The second kappa shape index (κ2) is 9.86. The van der Waals surface area contributed by atoms with E-state index >= 15 is 0 Å². The Morgan fingerprint density at radius 2 is 1.74 bits per heavy atom. The van der Waals surface area contributed by atoms with E-state index < -0.39 is 6.10 Å². The second-order valence-electron chi connectivity index (χ2n) is 6.61. The van der Waals surface area contributed by atoms with Crippen molar-refractivity contribution >= 4 is 5.91 Å². The van der Waals surface area contributed by atoms with Gasteiger partial charge in [0.1, 0.15) is 23.9 Å². The summed E-state index contributed by atoms with van der Waals surface area (Å²) in [4.78, 5) is 12.6. The summed E-state index contributed by atoms with van der Waals surface area (Å²) in [5.74, 6) is 2.12. The maximum atomic E-state index is 12.6. The van der Waals surface area contributed by atoms with Gasteiger partial charge in [0.25, 0.3) is 5.91 Å². The van der Waals surface area contributed by atoms with E-state index in [1.54, 1.807) is 7.11 Å². The summed E-state index contributed by atoms with van der Waals surface area (Å²) in [7, 11) is 1.62. The number of amides is 1. The monoisotopic (exact) mass is 371 g/mol. The summed E-state index contributed by atoms with van der Waals surface area (Å²) in [5.41, 5.74) is 2.20. The molecular weight excluding hydrogens is 342 g/mol. The van der Waals surface area contributed by atoms with Gasteiger partial charge in [0.05, 0.1) is 13.2 Å². The van der Waals surface area contributed by atoms with E-state index in [1.165, 1.54) is 0 Å². The van der Waals surface area contributed by atoms with E-state index in [1.807, 2.05) is 70.2 Å². The number of hydrogen-bond donors (Lipinski definition) is 1. The van der Waals surface area contributed by atoms with Gasteiger partial charge in [-0.2, -0.15) is 0 Å². The van der Waals surface area contributed by atoms with Crippen LogP contribution in [0.4, 0.5) is 0 Å². The first-order chi connectivity index (χ1) is 12.9. The largest absolute Gasteiger partial charge is 0.497 e. The van der Waals surface area contributed by atoms with E-state index in [0.29, 0.717) is 13.0 Å². The van der Waals surface area contributed by atoms with Crippen LogP contribution in [-0.2, 0) is 4.79 Å². The van der Waals surface area contributed by atoms with Crippen LogP contribution in [0.2, 0.25) is 0 Å². The first-order valence-electron chi connectivity index (χ1n) is 9.24. The number of benzene rings is 2. The molecule has 0 saturated heterocycles. The lowest BCUT2D eigenvalue weighted by Crippen LogP contribution is -2.44. The highest BCUT2D eigenvalue weighted by Crippen LogP contribution is 2.22. The predicted molar refractivity (Wildman–Crippen MR) is 107 cm³/mol. The van der Waals surface area contributed by atoms with E-state index in [9.17, 15) is 4.79 Å². The lowest BCUT2D eigenvalue weighted by atomic mass is 10.1. The molecule has 0 spiro atoms. The van der Waals surface area contributed by atoms with Gasteiger partial charge in [0.2, 0.25) is 0 Å². The molecule has 146 valence electrons. The average molecular weight is 371 g/mol. The van der Waals surface area contributed by atoms with Crippen molar-refractivity contribution in [2.45, 2.75) is 46.3 Å². The number of ether oxygens (including phenoxy) is 3. The zero-order valence-corrected chi connectivity index (χ0v) is 16.7. The first-order valence-corrected chi connectivity index (χ1v) is 9.24. The molecule has 5 nitrogen and oxygen atoms in total. The molecule has 0 saturated carbocycles. The number of methoxy groups -OCH3 is 1. The molecule has 2 aromatic rings. The fraction of sp³-hybridized carbons (Fsp3) is 0.409. The number of carbonyl (C=O) groups is 1. The third-order valence-corrected chi connectivity index (χ3v) is 4.44. The molecule has 0 heterocycles. The van der Waals surface area contributed by atoms with Crippen LogP contribution in [0, 0.1) is 13.8 Å². The molecule has 1 amide bonds. The average Bonchev–Trinajstić information content (AvgIpc) is 2.67. The summed E-state index contributed by atoms with van der Waals surface area (Å²) in [6.07, 6.45) is 0.0552. The number of aryl methyl sites for hydroxylation is 1. The quantitative estimate of drug-likeness (QED) is 0.722. The first kappa shape index (κ1) is 20.6. The molecule has 27 heavy (non-hydrogen) atoms. The third kappa shape index (κ3) is 5.91. The SMILES string of the molecule is CC[C@H](Oc1cccc(C)c1C)C(=O)N[C@@H](C)COc1ccc(OC)cc1. The normalized spacial score (nSPS) is 12.8. The van der Waals surface area contributed by atoms with Gasteiger partial charge < -0.3 is 19.5 Å². The Morgan fingerprint density at radius 3 is 2.37 bits per heavy atom. The van der Waals surface area contributed by atoms with Crippen molar-refractivity contribution in [1.29, 1.82) is 0 Å². The summed E-state index contributed by atoms with van der Waals surface area (Å²) in [5, 5.41) is 2.96. The van der Waals surface area contributed by atoms with Gasteiger partial charge in [-0.15, -0.1) is 0 Å². The molecule has 0 aliphatic heterocycles. The van der Waals surface area contributed by atoms with Crippen molar-refractivity contribution in [3.05, 3.63) is 53.6 Å². The number of carbonyl (C=O) groups excluding carboxylic acids is 1. The van der Waals surface area contributed by atoms with Gasteiger partial charge in [0.15, 0.2) is 6.10 Å². The van der Waals surface area contributed by atoms with Gasteiger partial charge in [-0.3, -0.25) is 4.79 Å². The van der Waals surface area contributed by atoms with Crippen molar-refractivity contribution < 1.29 is 19.0 Å². The Balaban J connectivity index is 1.88. The molecule has 0 radical (unpaired) electrons. The van der Waals surface area contributed by atoms with E-state index in [2.05, 4.69) is 5.32 Å². The highest BCUT2D eigenvalue weighted by Gasteiger charge is 2.21. The second-order valence-corrected chi connectivity index (χ2v) is 6.61. The van der Waals surface area contributed by atoms with Crippen LogP contribution in [0.3, 0.4) is 0 Å². The molecule has 0 aromatic heterocycles. The van der Waals surface area contributed by atoms with E-state index in [-0.39, 0.29) is 11.9 Å². The predicted octanol–water partition coefficient (Wildman–Crippen LogP) is 4.05. The number of nitrogens with one attached hydrogen (secondary N) is 1. The zero-order valence-electron chi connectivity index (χ0n) is 16.7. The van der Waals surface area contributed by atoms with E-state index in [0.717, 1.165) is 28.4 Å². The lowest BCUT2D eigenvalue weighted by Gasteiger charge is -2.22. The molecule has 0 aliphatic carbocycles. The molecule has 0 aliphatic rings. The maximum absolute atomic E-state index is 12.6. The van der Waals surface area contributed by atoms with Crippen molar-refractivity contribution in [2.24, 2.45) is 0 Å². The molecule has 2 atom stereocenters. The Bertz CT molecular complexity index is 742. The molecule has 2 rings (SSSR count). The summed E-state index contributed by atoms with van der Waals surface area (Å²) in [6.45, 7) is 8.25. The van der Waals surface area contributed by atoms with Crippen LogP contribution in [0.15, 0.2) is 42.5 Å².